The number of carbonyl (C=O) groups is 1. The Balaban J connectivity index is 1.33. The topological polar surface area (TPSA) is 101 Å². The highest BCUT2D eigenvalue weighted by Gasteiger charge is 2.06. The van der Waals surface area contributed by atoms with Gasteiger partial charge in [0.2, 0.25) is 0 Å². The minimum absolute atomic E-state index is 0.322. The summed E-state index contributed by atoms with van der Waals surface area (Å²) >= 11 is 0. The zero-order valence-corrected chi connectivity index (χ0v) is 15.5. The third kappa shape index (κ3) is 4.17. The van der Waals surface area contributed by atoms with Crippen LogP contribution in [0, 0.1) is 6.92 Å². The molecule has 0 unspecified atom stereocenters. The van der Waals surface area contributed by atoms with E-state index in [0.717, 1.165) is 47.5 Å². The van der Waals surface area contributed by atoms with Crippen LogP contribution in [0.25, 0.3) is 10.9 Å². The second-order valence-electron chi connectivity index (χ2n) is 6.51. The summed E-state index contributed by atoms with van der Waals surface area (Å²) in [5, 5.41) is 10.8. The van der Waals surface area contributed by atoms with Gasteiger partial charge in [0.15, 0.2) is 0 Å². The fourth-order valence-electron chi connectivity index (χ4n) is 3.05. The van der Waals surface area contributed by atoms with E-state index in [0.29, 0.717) is 5.82 Å². The third-order valence-corrected chi connectivity index (χ3v) is 4.47. The Morgan fingerprint density at radius 1 is 1.18 bits per heavy atom. The average molecular weight is 375 g/mol. The maximum absolute atomic E-state index is 12.3. The van der Waals surface area contributed by atoms with Crippen molar-refractivity contribution in [3.8, 4) is 0 Å². The highest BCUT2D eigenvalue weighted by atomic mass is 16.2. The monoisotopic (exact) mass is 375 g/mol. The van der Waals surface area contributed by atoms with E-state index in [4.69, 9.17) is 0 Å². The number of amides is 2. The van der Waals surface area contributed by atoms with Crippen molar-refractivity contribution in [1.29, 1.82) is 0 Å². The molecule has 0 spiro atoms. The number of aromatic amines is 1. The van der Waals surface area contributed by atoms with E-state index in [1.807, 2.05) is 54.2 Å². The van der Waals surface area contributed by atoms with Gasteiger partial charge in [-0.05, 0) is 56.2 Å². The third-order valence-electron chi connectivity index (χ3n) is 4.47. The molecule has 8 nitrogen and oxygen atoms in total. The molecule has 8 heteroatoms. The van der Waals surface area contributed by atoms with Gasteiger partial charge in [-0.1, -0.05) is 6.07 Å². The van der Waals surface area contributed by atoms with E-state index in [9.17, 15) is 4.79 Å². The lowest BCUT2D eigenvalue weighted by molar-refractivity contribution is 0.262. The number of aryl methyl sites for hydroxylation is 3. The van der Waals surface area contributed by atoms with Crippen molar-refractivity contribution in [2.24, 2.45) is 0 Å². The molecule has 3 N–H and O–H groups in total. The number of nitrogens with zero attached hydrogens (tertiary/aromatic N) is 4. The number of hydrogen-bond donors (Lipinski definition) is 3. The molecule has 0 saturated carbocycles. The van der Waals surface area contributed by atoms with E-state index < -0.39 is 0 Å². The molecular weight excluding hydrogens is 354 g/mol. The Morgan fingerprint density at radius 3 is 2.96 bits per heavy atom. The first-order valence-corrected chi connectivity index (χ1v) is 9.13. The molecule has 0 saturated heterocycles. The second-order valence-corrected chi connectivity index (χ2v) is 6.51. The first kappa shape index (κ1) is 17.7. The molecule has 2 amide bonds. The van der Waals surface area contributed by atoms with E-state index in [-0.39, 0.29) is 6.03 Å². The van der Waals surface area contributed by atoms with Crippen LogP contribution < -0.4 is 10.6 Å². The fraction of sp³-hybridized carbons (Fsp3) is 0.200. The normalized spacial score (nSPS) is 10.9. The van der Waals surface area contributed by atoms with Crippen LogP contribution in [0.15, 0.2) is 55.0 Å². The fourth-order valence-corrected chi connectivity index (χ4v) is 3.05. The standard InChI is InChI=1S/C20H21N7O/c1-14-22-13-23-27(14)11-3-5-16-4-2-6-19(24-16)26-20(28)25-17-7-8-18-15(12-17)9-10-21-18/h2,4,6-10,12-13,21H,3,5,11H2,1H3,(H2,24,25,26,28). The molecule has 0 aliphatic carbocycles. The van der Waals surface area contributed by atoms with Crippen molar-refractivity contribution in [3.63, 3.8) is 0 Å². The Bertz CT molecular complexity index is 1100. The summed E-state index contributed by atoms with van der Waals surface area (Å²) in [7, 11) is 0. The number of nitrogens with one attached hydrogen (secondary N) is 3. The van der Waals surface area contributed by atoms with Crippen LogP contribution in [0.5, 0.6) is 0 Å². The molecule has 0 radical (unpaired) electrons. The summed E-state index contributed by atoms with van der Waals surface area (Å²) in [5.74, 6) is 1.42. The van der Waals surface area contributed by atoms with Gasteiger partial charge in [-0.2, -0.15) is 5.10 Å². The zero-order chi connectivity index (χ0) is 19.3. The molecular formula is C20H21N7O. The second kappa shape index (κ2) is 7.91. The number of H-pyrrole nitrogens is 1. The van der Waals surface area contributed by atoms with Gasteiger partial charge in [0.05, 0.1) is 0 Å². The van der Waals surface area contributed by atoms with Crippen molar-refractivity contribution >= 4 is 28.4 Å². The smallest absolute Gasteiger partial charge is 0.324 e. The summed E-state index contributed by atoms with van der Waals surface area (Å²) in [5.41, 5.74) is 2.68. The van der Waals surface area contributed by atoms with Crippen LogP contribution in [0.1, 0.15) is 17.9 Å². The van der Waals surface area contributed by atoms with Gasteiger partial charge in [0.1, 0.15) is 18.0 Å². The molecule has 0 fully saturated rings. The highest BCUT2D eigenvalue weighted by Crippen LogP contribution is 2.18. The number of pyridine rings is 1. The lowest BCUT2D eigenvalue weighted by Crippen LogP contribution is -2.20. The summed E-state index contributed by atoms with van der Waals surface area (Å²) in [4.78, 5) is 24.0. The van der Waals surface area contributed by atoms with Crippen LogP contribution in [-0.2, 0) is 13.0 Å². The number of aromatic nitrogens is 5. The largest absolute Gasteiger partial charge is 0.361 e. The molecule has 3 aromatic heterocycles. The van der Waals surface area contributed by atoms with E-state index >= 15 is 0 Å². The van der Waals surface area contributed by atoms with Gasteiger partial charge in [-0.3, -0.25) is 10.00 Å². The van der Waals surface area contributed by atoms with E-state index in [1.165, 1.54) is 0 Å². The maximum atomic E-state index is 12.3. The van der Waals surface area contributed by atoms with Gasteiger partial charge in [-0.25, -0.2) is 14.8 Å². The van der Waals surface area contributed by atoms with Crippen LogP contribution in [0.4, 0.5) is 16.3 Å². The predicted molar refractivity (Wildman–Crippen MR) is 108 cm³/mol. The Hall–Kier alpha value is -3.68. The van der Waals surface area contributed by atoms with Crippen LogP contribution in [0.2, 0.25) is 0 Å². The number of urea groups is 1. The van der Waals surface area contributed by atoms with Crippen molar-refractivity contribution in [2.75, 3.05) is 10.6 Å². The van der Waals surface area contributed by atoms with Gasteiger partial charge in [0.25, 0.3) is 0 Å². The zero-order valence-electron chi connectivity index (χ0n) is 15.5. The lowest BCUT2D eigenvalue weighted by atomic mass is 10.2. The Kier molecular flexibility index (Phi) is 5.01. The number of hydrogen-bond acceptors (Lipinski definition) is 4. The minimum Gasteiger partial charge on any atom is -0.361 e. The number of anilines is 2. The minimum atomic E-state index is -0.322. The first-order valence-electron chi connectivity index (χ1n) is 9.13. The van der Waals surface area contributed by atoms with Crippen molar-refractivity contribution in [3.05, 3.63) is 66.5 Å². The molecule has 0 aliphatic heterocycles. The molecule has 4 rings (SSSR count). The molecule has 3 heterocycles. The van der Waals surface area contributed by atoms with E-state index in [2.05, 4.69) is 30.7 Å². The molecule has 28 heavy (non-hydrogen) atoms. The molecule has 142 valence electrons. The van der Waals surface area contributed by atoms with Crippen LogP contribution in [-0.4, -0.2) is 30.8 Å². The predicted octanol–water partition coefficient (Wildman–Crippen LogP) is 3.74. The molecule has 0 aliphatic rings. The number of fused-ring (bicyclic) bond motifs is 1. The van der Waals surface area contributed by atoms with Gasteiger partial charge in [-0.15, -0.1) is 0 Å². The maximum Gasteiger partial charge on any atom is 0.324 e. The van der Waals surface area contributed by atoms with Crippen LogP contribution in [0.3, 0.4) is 0 Å². The lowest BCUT2D eigenvalue weighted by Gasteiger charge is -2.09. The van der Waals surface area contributed by atoms with Crippen molar-refractivity contribution in [1.82, 2.24) is 24.7 Å². The molecule has 0 atom stereocenters. The average Bonchev–Trinajstić information content (AvgIpc) is 3.30. The van der Waals surface area contributed by atoms with E-state index in [1.54, 1.807) is 12.4 Å². The number of rotatable bonds is 6. The van der Waals surface area contributed by atoms with Gasteiger partial charge >= 0.3 is 6.03 Å². The molecule has 1 aromatic carbocycles. The highest BCUT2D eigenvalue weighted by molar-refractivity contribution is 6.00. The van der Waals surface area contributed by atoms with Crippen LogP contribution >= 0.6 is 0 Å². The number of benzene rings is 1. The SMILES string of the molecule is Cc1ncnn1CCCc1cccc(NC(=O)Nc2ccc3[nH]ccc3c2)n1. The summed E-state index contributed by atoms with van der Waals surface area (Å²) in [6, 6.07) is 13.0. The molecule has 4 aromatic rings. The van der Waals surface area contributed by atoms with Gasteiger partial charge in [0, 0.05) is 35.0 Å². The Morgan fingerprint density at radius 2 is 2.11 bits per heavy atom. The van der Waals surface area contributed by atoms with Crippen molar-refractivity contribution in [2.45, 2.75) is 26.3 Å². The number of carbonyl (C=O) groups excluding carboxylic acids is 1. The van der Waals surface area contributed by atoms with Crippen molar-refractivity contribution < 1.29 is 4.79 Å². The summed E-state index contributed by atoms with van der Waals surface area (Å²) in [6.45, 7) is 2.72. The van der Waals surface area contributed by atoms with Gasteiger partial charge < -0.3 is 10.3 Å². The molecule has 0 bridgehead atoms. The summed E-state index contributed by atoms with van der Waals surface area (Å²) in [6.07, 6.45) is 5.11. The Labute approximate surface area is 162 Å². The summed E-state index contributed by atoms with van der Waals surface area (Å²) < 4.78 is 1.87. The first-order chi connectivity index (χ1) is 13.7. The quantitative estimate of drug-likeness (QED) is 0.478.